The third-order valence-electron chi connectivity index (χ3n) is 3.20. The lowest BCUT2D eigenvalue weighted by molar-refractivity contribution is 0.0978. The second-order valence-electron chi connectivity index (χ2n) is 5.54. The van der Waals surface area contributed by atoms with Crippen molar-refractivity contribution < 1.29 is 17.8 Å². The molecule has 2 aromatic carbocycles. The van der Waals surface area contributed by atoms with Gasteiger partial charge in [0.05, 0.1) is 23.0 Å². The van der Waals surface area contributed by atoms with Crippen molar-refractivity contribution in [1.82, 2.24) is 10.3 Å². The molecule has 0 radical (unpaired) electrons. The van der Waals surface area contributed by atoms with Gasteiger partial charge in [0, 0.05) is 16.6 Å². The Bertz CT molecular complexity index is 1110. The highest BCUT2D eigenvalue weighted by Crippen LogP contribution is 2.21. The number of aromatic nitrogens is 1. The van der Waals surface area contributed by atoms with E-state index in [1.807, 2.05) is 18.2 Å². The number of rotatable bonds is 2. The molecule has 1 amide bonds. The molecule has 8 nitrogen and oxygen atoms in total. The minimum absolute atomic E-state index is 0.0215. The maximum absolute atomic E-state index is 12.4. The second-order valence-corrected chi connectivity index (χ2v) is 7.44. The quantitative estimate of drug-likeness (QED) is 0.331. The lowest BCUT2D eigenvalue weighted by Gasteiger charge is -2.07. The van der Waals surface area contributed by atoms with Gasteiger partial charge in [0.2, 0.25) is 5.96 Å². The molecular weight excluding hydrogens is 404 g/mol. The van der Waals surface area contributed by atoms with Gasteiger partial charge in [0.15, 0.2) is 0 Å². The number of nitrogens with two attached hydrogens (primary N) is 1. The second kappa shape index (κ2) is 9.27. The Morgan fingerprint density at radius 1 is 1.18 bits per heavy atom. The van der Waals surface area contributed by atoms with Crippen LogP contribution in [-0.2, 0) is 10.1 Å². The van der Waals surface area contributed by atoms with Crippen LogP contribution in [0.2, 0.25) is 5.02 Å². The van der Waals surface area contributed by atoms with Crippen molar-refractivity contribution in [1.29, 1.82) is 0 Å². The van der Waals surface area contributed by atoms with Crippen molar-refractivity contribution in [3.05, 3.63) is 71.4 Å². The first-order chi connectivity index (χ1) is 13.1. The number of hydrogen-bond donors (Lipinski definition) is 3. The molecule has 28 heavy (non-hydrogen) atoms. The van der Waals surface area contributed by atoms with Crippen LogP contribution in [0.4, 0.5) is 5.69 Å². The number of halogens is 1. The number of guanidine groups is 1. The van der Waals surface area contributed by atoms with Gasteiger partial charge in [0.1, 0.15) is 0 Å². The Morgan fingerprint density at radius 3 is 2.46 bits per heavy atom. The van der Waals surface area contributed by atoms with Crippen molar-refractivity contribution in [2.24, 2.45) is 10.7 Å². The van der Waals surface area contributed by atoms with Crippen LogP contribution in [0.5, 0.6) is 0 Å². The summed E-state index contributed by atoms with van der Waals surface area (Å²) in [4.78, 5) is 20.8. The zero-order chi connectivity index (χ0) is 20.7. The molecule has 0 unspecified atom stereocenters. The van der Waals surface area contributed by atoms with E-state index in [0.29, 0.717) is 33.4 Å². The van der Waals surface area contributed by atoms with Crippen LogP contribution in [0.25, 0.3) is 10.9 Å². The topological polar surface area (TPSA) is 135 Å². The Morgan fingerprint density at radius 2 is 1.82 bits per heavy atom. The van der Waals surface area contributed by atoms with E-state index in [1.54, 1.807) is 42.6 Å². The number of fused-ring (bicyclic) bond motifs is 1. The van der Waals surface area contributed by atoms with Gasteiger partial charge in [-0.25, -0.2) is 4.99 Å². The average molecular weight is 421 g/mol. The largest absolute Gasteiger partial charge is 0.369 e. The van der Waals surface area contributed by atoms with Crippen LogP contribution in [0.15, 0.2) is 65.8 Å². The number of carbonyl (C=O) groups excluding carboxylic acids is 1. The van der Waals surface area contributed by atoms with Gasteiger partial charge in [-0.15, -0.1) is 0 Å². The van der Waals surface area contributed by atoms with Gasteiger partial charge in [0.25, 0.3) is 16.0 Å². The fraction of sp³-hybridized carbons (Fsp3) is 0.0556. The van der Waals surface area contributed by atoms with E-state index in [4.69, 9.17) is 21.9 Å². The predicted molar refractivity (Wildman–Crippen MR) is 109 cm³/mol. The van der Waals surface area contributed by atoms with Gasteiger partial charge in [-0.3, -0.25) is 19.6 Å². The van der Waals surface area contributed by atoms with Crippen LogP contribution in [0, 0.1) is 0 Å². The molecule has 0 aliphatic carbocycles. The van der Waals surface area contributed by atoms with Crippen LogP contribution < -0.4 is 11.1 Å². The summed E-state index contributed by atoms with van der Waals surface area (Å²) in [6.45, 7) is 0. The maximum atomic E-state index is 12.4. The molecule has 10 heteroatoms. The summed E-state index contributed by atoms with van der Waals surface area (Å²) in [7, 11) is -3.67. The van der Waals surface area contributed by atoms with E-state index >= 15 is 0 Å². The molecule has 0 aliphatic rings. The normalized spacial score (nSPS) is 11.5. The summed E-state index contributed by atoms with van der Waals surface area (Å²) in [6, 6.07) is 15.9. The van der Waals surface area contributed by atoms with Gasteiger partial charge >= 0.3 is 0 Å². The maximum Gasteiger partial charge on any atom is 0.261 e. The third-order valence-corrected chi connectivity index (χ3v) is 3.43. The lowest BCUT2D eigenvalue weighted by atomic mass is 10.1. The number of amides is 1. The van der Waals surface area contributed by atoms with E-state index in [9.17, 15) is 13.2 Å². The Kier molecular flexibility index (Phi) is 7.05. The average Bonchev–Trinajstić information content (AvgIpc) is 2.60. The standard InChI is InChI=1S/C17H13ClN4O.CH4O3S/c18-11-6-7-15-14(10-11)13(8-9-20-15)16(23)22-17(19)21-12-4-2-1-3-5-12;1-5(2,3)4/h1-10H,(H3,19,21,22,23);1H3,(H,2,3,4). The van der Waals surface area contributed by atoms with Crippen LogP contribution in [0.1, 0.15) is 10.4 Å². The SMILES string of the molecule is CS(=O)(=O)O.NC(=Nc1ccccc1)NC(=O)c1ccnc2ccc(Cl)cc12. The number of nitrogens with zero attached hydrogens (tertiary/aromatic N) is 2. The minimum atomic E-state index is -3.67. The first-order valence-corrected chi connectivity index (χ1v) is 10.0. The number of carbonyl (C=O) groups is 1. The van der Waals surface area contributed by atoms with Gasteiger partial charge in [-0.2, -0.15) is 8.42 Å². The molecule has 3 aromatic rings. The zero-order valence-corrected chi connectivity index (χ0v) is 16.3. The Labute approximate surface area is 166 Å². The van der Waals surface area contributed by atoms with E-state index in [0.717, 1.165) is 0 Å². The molecule has 0 saturated heterocycles. The molecule has 0 saturated carbocycles. The molecule has 4 N–H and O–H groups in total. The zero-order valence-electron chi connectivity index (χ0n) is 14.7. The van der Waals surface area contributed by atoms with Crippen molar-refractivity contribution in [2.45, 2.75) is 0 Å². The smallest absolute Gasteiger partial charge is 0.261 e. The van der Waals surface area contributed by atoms with Crippen molar-refractivity contribution in [3.63, 3.8) is 0 Å². The first kappa shape index (κ1) is 21.3. The summed E-state index contributed by atoms with van der Waals surface area (Å²) in [5, 5.41) is 3.76. The molecule has 0 spiro atoms. The number of hydrogen-bond acceptors (Lipinski definition) is 5. The molecule has 0 fully saturated rings. The van der Waals surface area contributed by atoms with E-state index in [-0.39, 0.29) is 11.9 Å². The van der Waals surface area contributed by atoms with E-state index in [2.05, 4.69) is 15.3 Å². The summed E-state index contributed by atoms with van der Waals surface area (Å²) >= 11 is 6.00. The Hall–Kier alpha value is -3.01. The highest BCUT2D eigenvalue weighted by Gasteiger charge is 2.12. The summed E-state index contributed by atoms with van der Waals surface area (Å²) in [5.74, 6) is -0.343. The molecule has 0 bridgehead atoms. The number of pyridine rings is 1. The summed E-state index contributed by atoms with van der Waals surface area (Å²) in [6.07, 6.45) is 2.28. The molecule has 0 atom stereocenters. The van der Waals surface area contributed by atoms with Gasteiger partial charge in [-0.05, 0) is 36.4 Å². The fourth-order valence-corrected chi connectivity index (χ4v) is 2.34. The van der Waals surface area contributed by atoms with Crippen LogP contribution >= 0.6 is 11.6 Å². The van der Waals surface area contributed by atoms with Crippen molar-refractivity contribution >= 4 is 50.2 Å². The van der Waals surface area contributed by atoms with Crippen molar-refractivity contribution in [2.75, 3.05) is 6.26 Å². The number of benzene rings is 2. The van der Waals surface area contributed by atoms with Gasteiger partial charge in [-0.1, -0.05) is 29.8 Å². The van der Waals surface area contributed by atoms with E-state index < -0.39 is 10.1 Å². The molecule has 146 valence electrons. The molecule has 1 aromatic heterocycles. The number of aliphatic imine (C=N–C) groups is 1. The highest BCUT2D eigenvalue weighted by molar-refractivity contribution is 7.85. The molecule has 1 heterocycles. The molecule has 3 rings (SSSR count). The summed E-state index contributed by atoms with van der Waals surface area (Å²) < 4.78 is 25.9. The molecular formula is C18H17ClN4O4S. The van der Waals surface area contributed by atoms with Gasteiger partial charge < -0.3 is 5.73 Å². The highest BCUT2D eigenvalue weighted by atomic mass is 35.5. The number of nitrogens with one attached hydrogen (secondary N) is 1. The third kappa shape index (κ3) is 6.95. The van der Waals surface area contributed by atoms with Crippen molar-refractivity contribution in [3.8, 4) is 0 Å². The number of para-hydroxylation sites is 1. The monoisotopic (exact) mass is 420 g/mol. The molecule has 0 aliphatic heterocycles. The van der Waals surface area contributed by atoms with Crippen LogP contribution in [-0.4, -0.2) is 36.1 Å². The van der Waals surface area contributed by atoms with Crippen LogP contribution in [0.3, 0.4) is 0 Å². The van der Waals surface area contributed by atoms with E-state index in [1.165, 1.54) is 0 Å². The fourth-order valence-electron chi connectivity index (χ4n) is 2.17. The first-order valence-electron chi connectivity index (χ1n) is 7.81. The summed E-state index contributed by atoms with van der Waals surface area (Å²) in [5.41, 5.74) is 7.57. The Balaban J connectivity index is 0.000000500. The predicted octanol–water partition coefficient (Wildman–Crippen LogP) is 2.77. The minimum Gasteiger partial charge on any atom is -0.369 e. The lowest BCUT2D eigenvalue weighted by Crippen LogP contribution is -2.36.